The molecule has 0 amide bonds. The lowest BCUT2D eigenvalue weighted by atomic mass is 10.1. The first kappa shape index (κ1) is 23.6. The summed E-state index contributed by atoms with van der Waals surface area (Å²) in [5, 5.41) is 6.81. The smallest absolute Gasteiger partial charge is 0.191 e. The van der Waals surface area contributed by atoms with Crippen LogP contribution < -0.4 is 10.6 Å². The molecule has 1 unspecified atom stereocenters. The van der Waals surface area contributed by atoms with Gasteiger partial charge in [-0.2, -0.15) is 0 Å². The Morgan fingerprint density at radius 3 is 2.38 bits per heavy atom. The second kappa shape index (κ2) is 12.8. The van der Waals surface area contributed by atoms with Gasteiger partial charge in [-0.3, -0.25) is 4.99 Å². The second-order valence-corrected chi connectivity index (χ2v) is 7.14. The van der Waals surface area contributed by atoms with Gasteiger partial charge in [-0.05, 0) is 36.5 Å². The highest BCUT2D eigenvalue weighted by Crippen LogP contribution is 2.14. The van der Waals surface area contributed by atoms with Crippen LogP contribution in [-0.2, 0) is 22.6 Å². The summed E-state index contributed by atoms with van der Waals surface area (Å²) < 4.78 is 11.4. The lowest BCUT2D eigenvalue weighted by Crippen LogP contribution is -2.38. The summed E-state index contributed by atoms with van der Waals surface area (Å²) in [5.41, 5.74) is 3.65. The molecule has 0 bridgehead atoms. The Morgan fingerprint density at radius 1 is 1.07 bits per heavy atom. The molecule has 1 heterocycles. The van der Waals surface area contributed by atoms with Gasteiger partial charge in [0.25, 0.3) is 0 Å². The Bertz CT molecular complexity index is 732. The molecule has 0 saturated carbocycles. The predicted molar refractivity (Wildman–Crippen MR) is 129 cm³/mol. The molecule has 0 spiro atoms. The Balaban J connectivity index is 0.00000300. The third-order valence-corrected chi connectivity index (χ3v) is 5.01. The summed E-state index contributed by atoms with van der Waals surface area (Å²) in [7, 11) is 1.80. The zero-order valence-corrected chi connectivity index (χ0v) is 19.6. The minimum absolute atomic E-state index is 0. The molecule has 2 N–H and O–H groups in total. The molecule has 2 aromatic rings. The van der Waals surface area contributed by atoms with Gasteiger partial charge in [0.15, 0.2) is 5.96 Å². The molecular formula is C23H32IN3O2. The lowest BCUT2D eigenvalue weighted by Gasteiger charge is -2.22. The molecule has 2 aromatic carbocycles. The Morgan fingerprint density at radius 2 is 1.72 bits per heavy atom. The van der Waals surface area contributed by atoms with E-state index in [4.69, 9.17) is 9.47 Å². The van der Waals surface area contributed by atoms with Gasteiger partial charge in [-0.25, -0.2) is 0 Å². The van der Waals surface area contributed by atoms with E-state index in [2.05, 4.69) is 71.1 Å². The summed E-state index contributed by atoms with van der Waals surface area (Å²) in [6, 6.07) is 19.1. The van der Waals surface area contributed by atoms with E-state index in [1.807, 2.05) is 6.07 Å². The highest BCUT2D eigenvalue weighted by atomic mass is 127. The van der Waals surface area contributed by atoms with Gasteiger partial charge in [-0.1, -0.05) is 54.6 Å². The fourth-order valence-corrected chi connectivity index (χ4v) is 3.22. The summed E-state index contributed by atoms with van der Waals surface area (Å²) in [5.74, 6) is 0.795. The molecule has 5 nitrogen and oxygen atoms in total. The Hall–Kier alpha value is -1.64. The molecule has 3 rings (SSSR count). The van der Waals surface area contributed by atoms with Crippen molar-refractivity contribution in [1.82, 2.24) is 10.6 Å². The predicted octanol–water partition coefficient (Wildman–Crippen LogP) is 4.43. The molecule has 1 saturated heterocycles. The van der Waals surface area contributed by atoms with Crippen molar-refractivity contribution in [3.63, 3.8) is 0 Å². The molecule has 1 aliphatic rings. The van der Waals surface area contributed by atoms with Gasteiger partial charge in [0, 0.05) is 26.8 Å². The maximum Gasteiger partial charge on any atom is 0.191 e. The van der Waals surface area contributed by atoms with Crippen LogP contribution in [0.4, 0.5) is 0 Å². The van der Waals surface area contributed by atoms with Crippen LogP contribution >= 0.6 is 24.0 Å². The van der Waals surface area contributed by atoms with Crippen LogP contribution in [0.1, 0.15) is 42.5 Å². The number of hydrogen-bond donors (Lipinski definition) is 2. The molecule has 158 valence electrons. The van der Waals surface area contributed by atoms with Crippen molar-refractivity contribution in [3.05, 3.63) is 71.3 Å². The van der Waals surface area contributed by atoms with Crippen molar-refractivity contribution in [2.45, 2.75) is 45.1 Å². The molecule has 0 aliphatic carbocycles. The third kappa shape index (κ3) is 7.95. The number of benzene rings is 2. The molecule has 1 atom stereocenters. The van der Waals surface area contributed by atoms with Crippen LogP contribution in [0.25, 0.3) is 0 Å². The summed E-state index contributed by atoms with van der Waals surface area (Å²) in [6.07, 6.45) is 2.32. The number of halogens is 1. The first-order chi connectivity index (χ1) is 13.7. The van der Waals surface area contributed by atoms with E-state index in [0.717, 1.165) is 38.6 Å². The zero-order valence-electron chi connectivity index (χ0n) is 17.3. The van der Waals surface area contributed by atoms with Crippen LogP contribution in [0, 0.1) is 0 Å². The molecule has 29 heavy (non-hydrogen) atoms. The topological polar surface area (TPSA) is 54.9 Å². The van der Waals surface area contributed by atoms with E-state index in [-0.39, 0.29) is 30.0 Å². The first-order valence-corrected chi connectivity index (χ1v) is 10.0. The van der Waals surface area contributed by atoms with Crippen molar-refractivity contribution < 1.29 is 9.47 Å². The fraction of sp³-hybridized carbons (Fsp3) is 0.435. The molecule has 0 radical (unpaired) electrons. The van der Waals surface area contributed by atoms with E-state index in [0.29, 0.717) is 12.7 Å². The average Bonchev–Trinajstić information content (AvgIpc) is 2.77. The van der Waals surface area contributed by atoms with Crippen LogP contribution in [0.5, 0.6) is 0 Å². The third-order valence-electron chi connectivity index (χ3n) is 5.01. The van der Waals surface area contributed by atoms with Crippen molar-refractivity contribution in [1.29, 1.82) is 0 Å². The van der Waals surface area contributed by atoms with Gasteiger partial charge in [0.2, 0.25) is 0 Å². The summed E-state index contributed by atoms with van der Waals surface area (Å²) in [4.78, 5) is 4.33. The standard InChI is InChI=1S/C23H31N3O2.HI/c1-18(21-6-4-3-5-7-21)26-23(24-2)25-16-19-8-10-20(11-9-19)17-28-22-12-14-27-15-13-22;/h3-11,18,22H,12-17H2,1-2H3,(H2,24,25,26);1H. The minimum atomic E-state index is 0. The van der Waals surface area contributed by atoms with Crippen molar-refractivity contribution in [2.24, 2.45) is 4.99 Å². The van der Waals surface area contributed by atoms with E-state index >= 15 is 0 Å². The number of nitrogens with zero attached hydrogens (tertiary/aromatic N) is 1. The van der Waals surface area contributed by atoms with Gasteiger partial charge in [0.1, 0.15) is 0 Å². The van der Waals surface area contributed by atoms with Crippen LogP contribution in [0.2, 0.25) is 0 Å². The summed E-state index contributed by atoms with van der Waals surface area (Å²) >= 11 is 0. The quantitative estimate of drug-likeness (QED) is 0.330. The zero-order chi connectivity index (χ0) is 19.6. The number of rotatable bonds is 7. The van der Waals surface area contributed by atoms with Crippen molar-refractivity contribution >= 4 is 29.9 Å². The van der Waals surface area contributed by atoms with Gasteiger partial charge < -0.3 is 20.1 Å². The van der Waals surface area contributed by atoms with Crippen LogP contribution in [0.15, 0.2) is 59.6 Å². The SMILES string of the molecule is CN=C(NCc1ccc(COC2CCOCC2)cc1)NC(C)c1ccccc1.I. The molecular weight excluding hydrogens is 477 g/mol. The molecule has 0 aromatic heterocycles. The van der Waals surface area contributed by atoms with Crippen LogP contribution in [-0.4, -0.2) is 32.3 Å². The molecule has 1 aliphatic heterocycles. The van der Waals surface area contributed by atoms with E-state index in [9.17, 15) is 0 Å². The van der Waals surface area contributed by atoms with E-state index in [1.54, 1.807) is 7.05 Å². The highest BCUT2D eigenvalue weighted by molar-refractivity contribution is 14.0. The van der Waals surface area contributed by atoms with Gasteiger partial charge in [0.05, 0.1) is 18.8 Å². The molecule has 6 heteroatoms. The fourth-order valence-electron chi connectivity index (χ4n) is 3.22. The molecule has 1 fully saturated rings. The van der Waals surface area contributed by atoms with Crippen molar-refractivity contribution in [3.8, 4) is 0 Å². The highest BCUT2D eigenvalue weighted by Gasteiger charge is 2.14. The number of nitrogens with one attached hydrogen (secondary N) is 2. The average molecular weight is 509 g/mol. The van der Waals surface area contributed by atoms with E-state index < -0.39 is 0 Å². The van der Waals surface area contributed by atoms with E-state index in [1.165, 1.54) is 16.7 Å². The normalized spacial score (nSPS) is 16.0. The lowest BCUT2D eigenvalue weighted by molar-refractivity contribution is -0.0390. The monoisotopic (exact) mass is 509 g/mol. The number of ether oxygens (including phenoxy) is 2. The van der Waals surface area contributed by atoms with Crippen molar-refractivity contribution in [2.75, 3.05) is 20.3 Å². The Labute approximate surface area is 191 Å². The maximum absolute atomic E-state index is 5.99. The van der Waals surface area contributed by atoms with Gasteiger partial charge in [-0.15, -0.1) is 24.0 Å². The number of guanidine groups is 1. The Kier molecular flexibility index (Phi) is 10.5. The second-order valence-electron chi connectivity index (χ2n) is 7.14. The first-order valence-electron chi connectivity index (χ1n) is 10.0. The minimum Gasteiger partial charge on any atom is -0.381 e. The van der Waals surface area contributed by atoms with Crippen LogP contribution in [0.3, 0.4) is 0 Å². The number of hydrogen-bond acceptors (Lipinski definition) is 3. The number of aliphatic imine (C=N–C) groups is 1. The largest absolute Gasteiger partial charge is 0.381 e. The summed E-state index contributed by atoms with van der Waals surface area (Å²) in [6.45, 7) is 5.15. The van der Waals surface area contributed by atoms with Gasteiger partial charge >= 0.3 is 0 Å². The maximum atomic E-state index is 5.99.